The Balaban J connectivity index is 1.28. The van der Waals surface area contributed by atoms with Crippen molar-refractivity contribution in [2.75, 3.05) is 6.61 Å². The molecule has 5 aromatic rings. The summed E-state index contributed by atoms with van der Waals surface area (Å²) in [4.78, 5) is 37.7. The average Bonchev–Trinajstić information content (AvgIpc) is 3.02. The lowest BCUT2D eigenvalue weighted by molar-refractivity contribution is -0.123. The van der Waals surface area contributed by atoms with Gasteiger partial charge < -0.3 is 14.2 Å². The summed E-state index contributed by atoms with van der Waals surface area (Å²) in [6, 6.07) is 32.9. The van der Waals surface area contributed by atoms with Crippen LogP contribution in [0.3, 0.4) is 0 Å². The summed E-state index contributed by atoms with van der Waals surface area (Å²) in [5, 5.41) is 5.99. The molecule has 0 bridgehead atoms. The Morgan fingerprint density at radius 2 is 1.36 bits per heavy atom. The highest BCUT2D eigenvalue weighted by Gasteiger charge is 2.15. The van der Waals surface area contributed by atoms with Crippen molar-refractivity contribution in [1.82, 2.24) is 5.43 Å². The number of esters is 2. The Labute approximate surface area is 249 Å². The fourth-order valence-corrected chi connectivity index (χ4v) is 4.53. The Hall–Kier alpha value is -5.28. The quantitative estimate of drug-likeness (QED) is 0.0863. The summed E-state index contributed by atoms with van der Waals surface area (Å²) in [5.74, 6) is -0.921. The van der Waals surface area contributed by atoms with Crippen LogP contribution in [0.15, 0.2) is 125 Å². The molecule has 1 amide bonds. The highest BCUT2D eigenvalue weighted by Crippen LogP contribution is 2.33. The fraction of sp³-hybridized carbons (Fsp3) is 0.0303. The zero-order chi connectivity index (χ0) is 29.3. The van der Waals surface area contributed by atoms with Gasteiger partial charge in [0.05, 0.1) is 21.8 Å². The van der Waals surface area contributed by atoms with Gasteiger partial charge in [-0.15, -0.1) is 0 Å². The van der Waals surface area contributed by atoms with E-state index in [1.165, 1.54) is 18.3 Å². The molecule has 0 aliphatic heterocycles. The minimum Gasteiger partial charge on any atom is -0.483 e. The number of nitrogens with zero attached hydrogens (tertiary/aromatic N) is 1. The number of ether oxygens (including phenoxy) is 3. The average molecular weight is 623 g/mol. The SMILES string of the molecule is O=C(COc1ccc2ccccc2c1Br)N/N=C/c1ccc(OC(=O)c2ccccc2)cc1OC(=O)c1ccccc1. The second-order valence-corrected chi connectivity index (χ2v) is 9.68. The molecule has 0 saturated carbocycles. The summed E-state index contributed by atoms with van der Waals surface area (Å²) in [6.45, 7) is -0.279. The first-order valence-corrected chi connectivity index (χ1v) is 13.6. The number of hydrogen-bond donors (Lipinski definition) is 1. The largest absolute Gasteiger partial charge is 0.483 e. The van der Waals surface area contributed by atoms with Gasteiger partial charge in [-0.05, 0) is 69.2 Å². The van der Waals surface area contributed by atoms with Crippen molar-refractivity contribution >= 4 is 50.8 Å². The number of carbonyl (C=O) groups excluding carboxylic acids is 3. The molecule has 0 spiro atoms. The third-order valence-electron chi connectivity index (χ3n) is 6.00. The first-order chi connectivity index (χ1) is 20.5. The molecule has 0 saturated heterocycles. The summed E-state index contributed by atoms with van der Waals surface area (Å²) in [5.41, 5.74) is 3.46. The topological polar surface area (TPSA) is 103 Å². The van der Waals surface area contributed by atoms with Crippen LogP contribution >= 0.6 is 15.9 Å². The molecule has 0 heterocycles. The fourth-order valence-electron chi connectivity index (χ4n) is 3.92. The number of amides is 1. The highest BCUT2D eigenvalue weighted by molar-refractivity contribution is 9.10. The van der Waals surface area contributed by atoms with Crippen LogP contribution in [0.2, 0.25) is 0 Å². The molecule has 0 unspecified atom stereocenters. The number of carbonyl (C=O) groups is 3. The van der Waals surface area contributed by atoms with E-state index in [4.69, 9.17) is 14.2 Å². The molecule has 5 rings (SSSR count). The van der Waals surface area contributed by atoms with E-state index in [1.54, 1.807) is 72.8 Å². The highest BCUT2D eigenvalue weighted by atomic mass is 79.9. The molecule has 0 atom stereocenters. The van der Waals surface area contributed by atoms with Gasteiger partial charge in [0.1, 0.15) is 17.2 Å². The van der Waals surface area contributed by atoms with Crippen molar-refractivity contribution < 1.29 is 28.6 Å². The predicted octanol–water partition coefficient (Wildman–Crippen LogP) is 6.57. The van der Waals surface area contributed by atoms with Crippen molar-refractivity contribution in [3.05, 3.63) is 136 Å². The van der Waals surface area contributed by atoms with Gasteiger partial charge in [-0.25, -0.2) is 15.0 Å². The maximum Gasteiger partial charge on any atom is 0.343 e. The molecule has 0 radical (unpaired) electrons. The van der Waals surface area contributed by atoms with E-state index in [-0.39, 0.29) is 18.1 Å². The van der Waals surface area contributed by atoms with Crippen molar-refractivity contribution in [3.8, 4) is 17.2 Å². The minimum atomic E-state index is -0.616. The molecular weight excluding hydrogens is 600 g/mol. The van der Waals surface area contributed by atoms with Crippen LogP contribution in [0.5, 0.6) is 17.2 Å². The number of benzene rings is 5. The Morgan fingerprint density at radius 1 is 0.714 bits per heavy atom. The number of hydrazone groups is 1. The molecule has 9 heteroatoms. The summed E-state index contributed by atoms with van der Waals surface area (Å²) in [6.07, 6.45) is 1.32. The van der Waals surface area contributed by atoms with Gasteiger partial charge in [-0.2, -0.15) is 5.10 Å². The van der Waals surface area contributed by atoms with Gasteiger partial charge in [-0.3, -0.25) is 4.79 Å². The first-order valence-electron chi connectivity index (χ1n) is 12.8. The molecular formula is C33H23BrN2O6. The molecule has 42 heavy (non-hydrogen) atoms. The lowest BCUT2D eigenvalue weighted by atomic mass is 10.1. The van der Waals surface area contributed by atoms with E-state index in [0.717, 1.165) is 15.2 Å². The molecule has 1 N–H and O–H groups in total. The molecule has 0 fully saturated rings. The van der Waals surface area contributed by atoms with Gasteiger partial charge in [0, 0.05) is 11.6 Å². The standard InChI is InChI=1S/C33H23BrN2O6/c34-31-27-14-8-7-9-22(27)16-18-28(31)40-21-30(37)36-35-20-25-15-17-26(41-32(38)23-10-3-1-4-11-23)19-29(25)42-33(39)24-12-5-2-6-13-24/h1-20H,21H2,(H,36,37)/b35-20+. The van der Waals surface area contributed by atoms with Crippen molar-refractivity contribution in [3.63, 3.8) is 0 Å². The Morgan fingerprint density at radius 3 is 2.07 bits per heavy atom. The molecule has 0 aliphatic carbocycles. The molecule has 8 nitrogen and oxygen atoms in total. The van der Waals surface area contributed by atoms with E-state index < -0.39 is 17.8 Å². The number of rotatable bonds is 9. The van der Waals surface area contributed by atoms with E-state index in [9.17, 15) is 14.4 Å². The van der Waals surface area contributed by atoms with E-state index >= 15 is 0 Å². The van der Waals surface area contributed by atoms with Gasteiger partial charge in [0.25, 0.3) is 5.91 Å². The summed E-state index contributed by atoms with van der Waals surface area (Å²) >= 11 is 3.53. The zero-order valence-corrected chi connectivity index (χ0v) is 23.6. The first kappa shape index (κ1) is 28.3. The van der Waals surface area contributed by atoms with Crippen LogP contribution in [0, 0.1) is 0 Å². The molecule has 0 aliphatic rings. The molecule has 5 aromatic carbocycles. The summed E-state index contributed by atoms with van der Waals surface area (Å²) in [7, 11) is 0. The van der Waals surface area contributed by atoms with Gasteiger partial charge in [0.15, 0.2) is 6.61 Å². The molecule has 208 valence electrons. The van der Waals surface area contributed by atoms with Crippen molar-refractivity contribution in [2.45, 2.75) is 0 Å². The number of nitrogens with one attached hydrogen (secondary N) is 1. The third-order valence-corrected chi connectivity index (χ3v) is 6.81. The van der Waals surface area contributed by atoms with Crippen LogP contribution in [0.25, 0.3) is 10.8 Å². The molecule has 0 aromatic heterocycles. The van der Waals surface area contributed by atoms with Crippen molar-refractivity contribution in [1.29, 1.82) is 0 Å². The summed E-state index contributed by atoms with van der Waals surface area (Å²) < 4.78 is 17.5. The number of halogens is 1. The van der Waals surface area contributed by atoms with Crippen LogP contribution in [0.1, 0.15) is 26.3 Å². The maximum atomic E-state index is 12.8. The lowest BCUT2D eigenvalue weighted by Gasteiger charge is -2.11. The van der Waals surface area contributed by atoms with Crippen LogP contribution < -0.4 is 19.6 Å². The smallest absolute Gasteiger partial charge is 0.343 e. The van der Waals surface area contributed by atoms with Crippen LogP contribution in [-0.4, -0.2) is 30.7 Å². The second-order valence-electron chi connectivity index (χ2n) is 8.89. The second kappa shape index (κ2) is 13.4. The predicted molar refractivity (Wildman–Crippen MR) is 162 cm³/mol. The maximum absolute atomic E-state index is 12.8. The van der Waals surface area contributed by atoms with Gasteiger partial charge in [-0.1, -0.05) is 66.7 Å². The van der Waals surface area contributed by atoms with Crippen LogP contribution in [0.4, 0.5) is 0 Å². The van der Waals surface area contributed by atoms with E-state index in [1.807, 2.05) is 30.3 Å². The normalized spacial score (nSPS) is 10.8. The lowest BCUT2D eigenvalue weighted by Crippen LogP contribution is -2.24. The monoisotopic (exact) mass is 622 g/mol. The van der Waals surface area contributed by atoms with Gasteiger partial charge >= 0.3 is 11.9 Å². The Kier molecular flexibility index (Phi) is 9.00. The third kappa shape index (κ3) is 7.07. The van der Waals surface area contributed by atoms with Crippen LogP contribution in [-0.2, 0) is 4.79 Å². The van der Waals surface area contributed by atoms with E-state index in [2.05, 4.69) is 26.5 Å². The van der Waals surface area contributed by atoms with Crippen molar-refractivity contribution in [2.24, 2.45) is 5.10 Å². The van der Waals surface area contributed by atoms with E-state index in [0.29, 0.717) is 22.4 Å². The zero-order valence-electron chi connectivity index (χ0n) is 22.0. The Bertz CT molecular complexity index is 1770. The minimum absolute atomic E-state index is 0.0801. The number of hydrogen-bond acceptors (Lipinski definition) is 7. The number of fused-ring (bicyclic) bond motifs is 1. The van der Waals surface area contributed by atoms with Gasteiger partial charge in [0.2, 0.25) is 0 Å².